The Hall–Kier alpha value is -1.42. The summed E-state index contributed by atoms with van der Waals surface area (Å²) in [4.78, 5) is 2.25. The zero-order chi connectivity index (χ0) is 33.8. The predicted molar refractivity (Wildman–Crippen MR) is 184 cm³/mol. The van der Waals surface area contributed by atoms with Crippen LogP contribution < -0.4 is 4.74 Å². The van der Waals surface area contributed by atoms with E-state index in [-0.39, 0.29) is 32.3 Å². The summed E-state index contributed by atoms with van der Waals surface area (Å²) in [5.41, 5.74) is 3.08. The number of thioether (sulfide) groups is 2. The molecule has 0 radical (unpaired) electrons. The van der Waals surface area contributed by atoms with E-state index < -0.39 is 24.6 Å². The fourth-order valence-electron chi connectivity index (χ4n) is 5.36. The molecular formula is C36H56O6S2. The van der Waals surface area contributed by atoms with E-state index in [4.69, 9.17) is 9.47 Å². The van der Waals surface area contributed by atoms with Crippen molar-refractivity contribution in [2.75, 3.05) is 6.61 Å². The van der Waals surface area contributed by atoms with E-state index in [0.29, 0.717) is 5.75 Å². The molecule has 3 rings (SSSR count). The molecule has 0 spiro atoms. The Morgan fingerprint density at radius 3 is 1.30 bits per heavy atom. The number of benzene rings is 2. The lowest BCUT2D eigenvalue weighted by molar-refractivity contribution is -0.131. The second-order valence-electron chi connectivity index (χ2n) is 16.7. The Morgan fingerprint density at radius 1 is 0.614 bits per heavy atom. The van der Waals surface area contributed by atoms with Crippen molar-refractivity contribution in [3.8, 4) is 11.5 Å². The average Bonchev–Trinajstić information content (AvgIpc) is 3.07. The minimum atomic E-state index is -1.44. The van der Waals surface area contributed by atoms with E-state index in [1.807, 2.05) is 0 Å². The average molecular weight is 649 g/mol. The van der Waals surface area contributed by atoms with Crippen molar-refractivity contribution in [3.63, 3.8) is 0 Å². The van der Waals surface area contributed by atoms with Crippen LogP contribution in [-0.2, 0) is 26.4 Å². The summed E-state index contributed by atoms with van der Waals surface area (Å²) < 4.78 is 11.5. The van der Waals surface area contributed by atoms with Crippen LogP contribution in [0.2, 0.25) is 0 Å². The highest BCUT2D eigenvalue weighted by molar-refractivity contribution is 8.18. The smallest absolute Gasteiger partial charge is 0.184 e. The molecule has 0 amide bonds. The second-order valence-corrected chi connectivity index (χ2v) is 20.3. The molecule has 44 heavy (non-hydrogen) atoms. The highest BCUT2D eigenvalue weighted by Crippen LogP contribution is 2.51. The van der Waals surface area contributed by atoms with Crippen LogP contribution in [0.5, 0.6) is 11.5 Å². The molecule has 4 atom stereocenters. The minimum absolute atomic E-state index is 0.00234. The molecule has 0 aromatic heterocycles. The lowest BCUT2D eigenvalue weighted by Crippen LogP contribution is -2.35. The number of aromatic hydroxyl groups is 1. The minimum Gasteiger partial charge on any atom is -0.507 e. The first-order chi connectivity index (χ1) is 19.7. The van der Waals surface area contributed by atoms with Gasteiger partial charge in [0.25, 0.3) is 0 Å². The van der Waals surface area contributed by atoms with E-state index >= 15 is 0 Å². The summed E-state index contributed by atoms with van der Waals surface area (Å²) >= 11 is 3.60. The van der Waals surface area contributed by atoms with Crippen LogP contribution in [0, 0.1) is 0 Å². The van der Waals surface area contributed by atoms with E-state index in [1.165, 1.54) is 0 Å². The maximum atomic E-state index is 11.2. The standard InChI is InChI=1S/C36H56O6S2/c1-32(2,3)22-15-20(16-23(27(22)37)33(4,5)6)43-36(13,14)44-21-17-24(34(7,8)9)30(25(18-21)35(10,11)12)41-19-26-28(38)29(39)31(40)42-26/h15-18,26,28-29,31,37-40H,19H2,1-14H3/t26-,28-,29-,31?/m1/s1. The van der Waals surface area contributed by atoms with Crippen molar-refractivity contribution in [1.82, 2.24) is 0 Å². The van der Waals surface area contributed by atoms with Crippen molar-refractivity contribution < 1.29 is 29.9 Å². The fraction of sp³-hybridized carbons (Fsp3) is 0.667. The summed E-state index contributed by atoms with van der Waals surface area (Å²) in [6, 6.07) is 8.68. The highest BCUT2D eigenvalue weighted by atomic mass is 32.2. The van der Waals surface area contributed by atoms with Crippen LogP contribution in [0.4, 0.5) is 0 Å². The van der Waals surface area contributed by atoms with Gasteiger partial charge in [-0.2, -0.15) is 0 Å². The van der Waals surface area contributed by atoms with Crippen LogP contribution in [0.3, 0.4) is 0 Å². The monoisotopic (exact) mass is 648 g/mol. The van der Waals surface area contributed by atoms with Gasteiger partial charge in [-0.3, -0.25) is 0 Å². The Balaban J connectivity index is 2.03. The summed E-state index contributed by atoms with van der Waals surface area (Å²) in [6.07, 6.45) is -4.87. The van der Waals surface area contributed by atoms with E-state index in [9.17, 15) is 20.4 Å². The molecule has 1 fully saturated rings. The first kappa shape index (κ1) is 37.0. The summed E-state index contributed by atoms with van der Waals surface area (Å²) in [5, 5.41) is 41.4. The number of aliphatic hydroxyl groups is 3. The lowest BCUT2D eigenvalue weighted by Gasteiger charge is -2.33. The van der Waals surface area contributed by atoms with Crippen molar-refractivity contribution in [2.24, 2.45) is 0 Å². The molecule has 0 saturated carbocycles. The Morgan fingerprint density at radius 2 is 0.977 bits per heavy atom. The molecule has 0 bridgehead atoms. The third kappa shape index (κ3) is 8.68. The zero-order valence-electron chi connectivity index (χ0n) is 29.2. The third-order valence-electron chi connectivity index (χ3n) is 7.83. The normalized spacial score (nSPS) is 22.0. The number of rotatable bonds is 7. The fourth-order valence-corrected chi connectivity index (χ4v) is 7.95. The number of hydrogen-bond donors (Lipinski definition) is 4. The predicted octanol–water partition coefficient (Wildman–Crippen LogP) is 8.02. The number of hydrogen-bond acceptors (Lipinski definition) is 8. The van der Waals surface area contributed by atoms with Crippen molar-refractivity contribution in [1.29, 1.82) is 0 Å². The molecule has 248 valence electrons. The van der Waals surface area contributed by atoms with E-state index in [1.54, 1.807) is 23.5 Å². The molecule has 4 N–H and O–H groups in total. The number of aliphatic hydroxyl groups excluding tert-OH is 3. The van der Waals surface area contributed by atoms with Crippen LogP contribution >= 0.6 is 23.5 Å². The van der Waals surface area contributed by atoms with Crippen LogP contribution in [0.25, 0.3) is 0 Å². The van der Waals surface area contributed by atoms with Gasteiger partial charge in [0.2, 0.25) is 0 Å². The Kier molecular flexibility index (Phi) is 10.6. The lowest BCUT2D eigenvalue weighted by atomic mass is 9.79. The Labute approximate surface area is 274 Å². The largest absolute Gasteiger partial charge is 0.507 e. The quantitative estimate of drug-likeness (QED) is 0.177. The van der Waals surface area contributed by atoms with Gasteiger partial charge in [-0.15, -0.1) is 23.5 Å². The van der Waals surface area contributed by atoms with Gasteiger partial charge < -0.3 is 29.9 Å². The molecule has 1 saturated heterocycles. The molecule has 2 aromatic rings. The summed E-state index contributed by atoms with van der Waals surface area (Å²) in [6.45, 7) is 30.2. The molecule has 2 aromatic carbocycles. The molecule has 1 aliphatic heterocycles. The van der Waals surface area contributed by atoms with Gasteiger partial charge in [0, 0.05) is 32.0 Å². The second kappa shape index (κ2) is 12.6. The SMILES string of the molecule is CC(C)(Sc1cc(C(C)(C)C)c(O)c(C(C)(C)C)c1)Sc1cc(C(C)(C)C)c(OC[C@H]2OC(O)[C@H](O)[C@@H]2O)c(C(C)(C)C)c1. The van der Waals surface area contributed by atoms with Gasteiger partial charge in [-0.1, -0.05) is 83.1 Å². The summed E-state index contributed by atoms with van der Waals surface area (Å²) in [7, 11) is 0. The molecule has 6 nitrogen and oxygen atoms in total. The molecule has 8 heteroatoms. The number of phenolic OH excluding ortho intramolecular Hbond substituents is 1. The van der Waals surface area contributed by atoms with Crippen molar-refractivity contribution in [2.45, 2.75) is 157 Å². The van der Waals surface area contributed by atoms with Crippen LogP contribution in [0.1, 0.15) is 119 Å². The van der Waals surface area contributed by atoms with Crippen LogP contribution in [0.15, 0.2) is 34.1 Å². The van der Waals surface area contributed by atoms with E-state index in [0.717, 1.165) is 37.8 Å². The van der Waals surface area contributed by atoms with Crippen molar-refractivity contribution >= 4 is 23.5 Å². The highest BCUT2D eigenvalue weighted by Gasteiger charge is 2.42. The van der Waals surface area contributed by atoms with Gasteiger partial charge in [0.05, 0.1) is 4.08 Å². The zero-order valence-corrected chi connectivity index (χ0v) is 30.9. The van der Waals surface area contributed by atoms with Crippen molar-refractivity contribution in [3.05, 3.63) is 46.5 Å². The van der Waals surface area contributed by atoms with Gasteiger partial charge in [0.1, 0.15) is 36.4 Å². The van der Waals surface area contributed by atoms with Gasteiger partial charge in [-0.05, 0) is 59.8 Å². The van der Waals surface area contributed by atoms with E-state index in [2.05, 4.69) is 121 Å². The maximum Gasteiger partial charge on any atom is 0.184 e. The van der Waals surface area contributed by atoms with Gasteiger partial charge in [-0.25, -0.2) is 0 Å². The number of ether oxygens (including phenoxy) is 2. The molecule has 0 aliphatic carbocycles. The molecule has 1 heterocycles. The topological polar surface area (TPSA) is 99.4 Å². The Bertz CT molecular complexity index is 1250. The van der Waals surface area contributed by atoms with Gasteiger partial charge >= 0.3 is 0 Å². The first-order valence-corrected chi connectivity index (χ1v) is 17.1. The first-order valence-electron chi connectivity index (χ1n) is 15.5. The third-order valence-corrected chi connectivity index (χ3v) is 10.3. The molecule has 1 aliphatic rings. The van der Waals surface area contributed by atoms with Crippen LogP contribution in [-0.4, -0.2) is 55.7 Å². The molecular weight excluding hydrogens is 593 g/mol. The maximum absolute atomic E-state index is 11.2. The summed E-state index contributed by atoms with van der Waals surface area (Å²) in [5.74, 6) is 1.13. The molecule has 1 unspecified atom stereocenters. The van der Waals surface area contributed by atoms with Gasteiger partial charge in [0.15, 0.2) is 6.29 Å². The number of phenols is 1.